The van der Waals surface area contributed by atoms with Crippen LogP contribution in [0.3, 0.4) is 0 Å². The van der Waals surface area contributed by atoms with Gasteiger partial charge in [-0.1, -0.05) is 18.2 Å². The fraction of sp³-hybridized carbons (Fsp3) is 0.182. The lowest BCUT2D eigenvalue weighted by Gasteiger charge is -2.01. The Kier molecular flexibility index (Phi) is 2.55. The number of rotatable bonds is 3. The van der Waals surface area contributed by atoms with Gasteiger partial charge < -0.3 is 5.11 Å². The zero-order valence-corrected chi connectivity index (χ0v) is 9.20. The third kappa shape index (κ3) is 1.74. The first-order valence-corrected chi connectivity index (χ1v) is 6.26. The molecule has 0 fully saturated rings. The highest BCUT2D eigenvalue weighted by Crippen LogP contribution is 2.34. The minimum absolute atomic E-state index is 0.0480. The highest BCUT2D eigenvalue weighted by Gasteiger charge is 2.28. The summed E-state index contributed by atoms with van der Waals surface area (Å²) in [5, 5.41) is 8.54. The van der Waals surface area contributed by atoms with Crippen LogP contribution in [0.15, 0.2) is 34.1 Å². The van der Waals surface area contributed by atoms with Crippen molar-refractivity contribution in [3.05, 3.63) is 34.7 Å². The van der Waals surface area contributed by atoms with E-state index < -0.39 is 15.8 Å². The Balaban J connectivity index is 2.36. The van der Waals surface area contributed by atoms with Gasteiger partial charge in [0.25, 0.3) is 0 Å². The van der Waals surface area contributed by atoms with Gasteiger partial charge in [0.1, 0.15) is 0 Å². The second-order valence-corrected chi connectivity index (χ2v) is 5.52. The molecular weight excluding hydrogens is 228 g/mol. The fourth-order valence-corrected chi connectivity index (χ4v) is 3.30. The van der Waals surface area contributed by atoms with Crippen molar-refractivity contribution in [1.82, 2.24) is 0 Å². The number of sulfone groups is 1. The molecule has 1 aromatic carbocycles. The summed E-state index contributed by atoms with van der Waals surface area (Å²) in [6.45, 7) is 0. The molecule has 84 valence electrons. The average molecular weight is 238 g/mol. The van der Waals surface area contributed by atoms with Crippen LogP contribution in [-0.4, -0.2) is 19.5 Å². The quantitative estimate of drug-likeness (QED) is 0.869. The molecule has 0 aromatic heterocycles. The van der Waals surface area contributed by atoms with Crippen LogP contribution in [0, 0.1) is 0 Å². The van der Waals surface area contributed by atoms with E-state index in [9.17, 15) is 13.2 Å². The molecule has 16 heavy (non-hydrogen) atoms. The summed E-state index contributed by atoms with van der Waals surface area (Å²) in [5.74, 6) is -0.993. The van der Waals surface area contributed by atoms with Crippen LogP contribution in [0.1, 0.15) is 18.4 Å². The lowest BCUT2D eigenvalue weighted by Crippen LogP contribution is -2.03. The SMILES string of the molecule is O=C(O)CCC1=Cc2ccccc2S1(=O)=O. The number of fused-ring (bicyclic) bond motifs is 1. The summed E-state index contributed by atoms with van der Waals surface area (Å²) in [4.78, 5) is 10.9. The maximum absolute atomic E-state index is 11.9. The first kappa shape index (κ1) is 10.9. The van der Waals surface area contributed by atoms with Gasteiger partial charge in [-0.15, -0.1) is 0 Å². The summed E-state index contributed by atoms with van der Waals surface area (Å²) >= 11 is 0. The smallest absolute Gasteiger partial charge is 0.303 e. The van der Waals surface area contributed by atoms with Crippen LogP contribution in [0.4, 0.5) is 0 Å². The normalized spacial score (nSPS) is 16.6. The molecule has 0 spiro atoms. The van der Waals surface area contributed by atoms with E-state index in [-0.39, 0.29) is 22.6 Å². The number of carboxylic acid groups (broad SMARTS) is 1. The summed E-state index contributed by atoms with van der Waals surface area (Å²) in [6.07, 6.45) is 1.43. The van der Waals surface area contributed by atoms with E-state index in [4.69, 9.17) is 5.11 Å². The Morgan fingerprint density at radius 3 is 2.56 bits per heavy atom. The minimum Gasteiger partial charge on any atom is -0.481 e. The zero-order chi connectivity index (χ0) is 11.8. The van der Waals surface area contributed by atoms with Crippen molar-refractivity contribution < 1.29 is 18.3 Å². The van der Waals surface area contributed by atoms with Crippen molar-refractivity contribution in [1.29, 1.82) is 0 Å². The first-order chi connectivity index (χ1) is 7.51. The van der Waals surface area contributed by atoms with Crippen molar-refractivity contribution in [2.45, 2.75) is 17.7 Å². The Morgan fingerprint density at radius 1 is 1.25 bits per heavy atom. The van der Waals surface area contributed by atoms with Crippen LogP contribution in [0.25, 0.3) is 6.08 Å². The van der Waals surface area contributed by atoms with Gasteiger partial charge in [-0.2, -0.15) is 0 Å². The summed E-state index contributed by atoms with van der Waals surface area (Å²) in [5.41, 5.74) is 0.642. The molecule has 1 aliphatic rings. The van der Waals surface area contributed by atoms with E-state index in [0.717, 1.165) is 0 Å². The molecule has 0 atom stereocenters. The second-order valence-electron chi connectivity index (χ2n) is 3.55. The van der Waals surface area contributed by atoms with E-state index in [1.54, 1.807) is 24.3 Å². The molecule has 1 aromatic rings. The number of carbonyl (C=O) groups is 1. The zero-order valence-electron chi connectivity index (χ0n) is 8.38. The topological polar surface area (TPSA) is 71.4 Å². The van der Waals surface area contributed by atoms with Gasteiger partial charge in [0, 0.05) is 0 Å². The van der Waals surface area contributed by atoms with Gasteiger partial charge in [0.05, 0.1) is 16.2 Å². The molecule has 0 saturated heterocycles. The molecule has 2 rings (SSSR count). The Bertz CT molecular complexity index is 569. The monoisotopic (exact) mass is 238 g/mol. The molecule has 0 bridgehead atoms. The fourth-order valence-electron chi connectivity index (χ4n) is 1.67. The largest absolute Gasteiger partial charge is 0.481 e. The molecule has 1 heterocycles. The Labute approximate surface area is 93.1 Å². The first-order valence-electron chi connectivity index (χ1n) is 4.78. The number of hydrogen-bond donors (Lipinski definition) is 1. The van der Waals surface area contributed by atoms with E-state index >= 15 is 0 Å². The van der Waals surface area contributed by atoms with Gasteiger partial charge in [-0.25, -0.2) is 8.42 Å². The molecule has 4 nitrogen and oxygen atoms in total. The van der Waals surface area contributed by atoms with Crippen molar-refractivity contribution in [3.63, 3.8) is 0 Å². The van der Waals surface area contributed by atoms with E-state index in [0.29, 0.717) is 5.56 Å². The summed E-state index contributed by atoms with van der Waals surface area (Å²) in [7, 11) is -3.44. The number of hydrogen-bond acceptors (Lipinski definition) is 3. The lowest BCUT2D eigenvalue weighted by atomic mass is 10.2. The predicted octanol–water partition coefficient (Wildman–Crippen LogP) is 1.68. The van der Waals surface area contributed by atoms with Crippen molar-refractivity contribution >= 4 is 21.9 Å². The number of benzene rings is 1. The Hall–Kier alpha value is -1.62. The maximum atomic E-state index is 11.9. The second kappa shape index (κ2) is 3.75. The molecule has 0 amide bonds. The van der Waals surface area contributed by atoms with Crippen LogP contribution in [0.5, 0.6) is 0 Å². The van der Waals surface area contributed by atoms with Crippen LogP contribution < -0.4 is 0 Å². The molecule has 0 saturated carbocycles. The third-order valence-electron chi connectivity index (χ3n) is 2.46. The van der Waals surface area contributed by atoms with Crippen LogP contribution >= 0.6 is 0 Å². The molecule has 0 aliphatic carbocycles. The van der Waals surface area contributed by atoms with Crippen LogP contribution in [-0.2, 0) is 14.6 Å². The van der Waals surface area contributed by atoms with E-state index in [2.05, 4.69) is 0 Å². The van der Waals surface area contributed by atoms with Gasteiger partial charge in [0.15, 0.2) is 0 Å². The maximum Gasteiger partial charge on any atom is 0.303 e. The molecule has 5 heteroatoms. The summed E-state index contributed by atoms with van der Waals surface area (Å²) < 4.78 is 23.9. The van der Waals surface area contributed by atoms with Gasteiger partial charge in [0.2, 0.25) is 9.84 Å². The van der Waals surface area contributed by atoms with Gasteiger partial charge >= 0.3 is 5.97 Å². The number of aliphatic carboxylic acids is 1. The minimum atomic E-state index is -3.44. The molecule has 0 unspecified atom stereocenters. The van der Waals surface area contributed by atoms with Crippen LogP contribution in [0.2, 0.25) is 0 Å². The number of allylic oxidation sites excluding steroid dienone is 1. The number of carboxylic acids is 1. The predicted molar refractivity (Wildman–Crippen MR) is 58.5 cm³/mol. The molecule has 1 N–H and O–H groups in total. The molecule has 1 aliphatic heterocycles. The standard InChI is InChI=1S/C11H10O4S/c12-11(13)6-5-9-7-8-3-1-2-4-10(8)16(9,14)15/h1-4,7H,5-6H2,(H,12,13). The molecule has 0 radical (unpaired) electrons. The molecular formula is C11H10O4S. The summed E-state index contributed by atoms with van der Waals surface area (Å²) in [6, 6.07) is 6.66. The van der Waals surface area contributed by atoms with E-state index in [1.165, 1.54) is 6.07 Å². The Morgan fingerprint density at radius 2 is 1.94 bits per heavy atom. The highest BCUT2D eigenvalue weighted by atomic mass is 32.2. The van der Waals surface area contributed by atoms with Crippen molar-refractivity contribution in [3.8, 4) is 0 Å². The average Bonchev–Trinajstić information content (AvgIpc) is 2.48. The van der Waals surface area contributed by atoms with Crippen molar-refractivity contribution in [2.75, 3.05) is 0 Å². The third-order valence-corrected chi connectivity index (χ3v) is 4.42. The van der Waals surface area contributed by atoms with Crippen molar-refractivity contribution in [2.24, 2.45) is 0 Å². The van der Waals surface area contributed by atoms with Gasteiger partial charge in [-0.05, 0) is 24.1 Å². The van der Waals surface area contributed by atoms with Gasteiger partial charge in [-0.3, -0.25) is 4.79 Å². The lowest BCUT2D eigenvalue weighted by molar-refractivity contribution is -0.136. The van der Waals surface area contributed by atoms with E-state index in [1.807, 2.05) is 0 Å². The highest BCUT2D eigenvalue weighted by molar-refractivity contribution is 7.95.